The molecule has 1 aromatic rings. The number of carbonyl (C=O) groups excluding carboxylic acids is 2. The molecule has 0 aromatic carbocycles. The van der Waals surface area contributed by atoms with Gasteiger partial charge in [0.1, 0.15) is 11.5 Å². The summed E-state index contributed by atoms with van der Waals surface area (Å²) in [6, 6.07) is 1.81. The molecule has 5 heteroatoms. The van der Waals surface area contributed by atoms with Gasteiger partial charge in [0.25, 0.3) is 5.91 Å². The average Bonchev–Trinajstić information content (AvgIpc) is 2.68. The lowest BCUT2D eigenvalue weighted by molar-refractivity contribution is -0.120. The predicted octanol–water partition coefficient (Wildman–Crippen LogP) is 0.662. The van der Waals surface area contributed by atoms with Crippen molar-refractivity contribution in [2.45, 2.75) is 31.7 Å². The van der Waals surface area contributed by atoms with Crippen molar-refractivity contribution in [3.05, 3.63) is 18.0 Å². The summed E-state index contributed by atoms with van der Waals surface area (Å²) in [5.41, 5.74) is 0.553. The summed E-state index contributed by atoms with van der Waals surface area (Å²) in [5, 5.41) is 6.88. The molecular weight excluding hydrogens is 206 g/mol. The summed E-state index contributed by atoms with van der Waals surface area (Å²) < 4.78 is 1.54. The molecule has 86 valence electrons. The van der Waals surface area contributed by atoms with E-state index in [1.54, 1.807) is 24.0 Å². The molecule has 0 atom stereocenters. The van der Waals surface area contributed by atoms with Gasteiger partial charge in [-0.1, -0.05) is 0 Å². The molecule has 1 aromatic heterocycles. The first-order chi connectivity index (χ1) is 7.66. The summed E-state index contributed by atoms with van der Waals surface area (Å²) in [6.45, 7) is 0. The highest BCUT2D eigenvalue weighted by molar-refractivity contribution is 5.92. The Bertz CT molecular complexity index is 401. The number of Topliss-reactive ketones (excluding diaryl/α,β-unsaturated/α-hetero) is 1. The van der Waals surface area contributed by atoms with E-state index in [-0.39, 0.29) is 11.9 Å². The van der Waals surface area contributed by atoms with Gasteiger partial charge in [0.2, 0.25) is 0 Å². The van der Waals surface area contributed by atoms with E-state index in [1.807, 2.05) is 0 Å². The number of aromatic nitrogens is 2. The monoisotopic (exact) mass is 221 g/mol. The van der Waals surface area contributed by atoms with Crippen LogP contribution < -0.4 is 5.32 Å². The second-order valence-corrected chi connectivity index (χ2v) is 4.13. The topological polar surface area (TPSA) is 64.0 Å². The van der Waals surface area contributed by atoms with Crippen molar-refractivity contribution >= 4 is 11.7 Å². The van der Waals surface area contributed by atoms with Gasteiger partial charge in [-0.05, 0) is 18.9 Å². The standard InChI is InChI=1S/C11H15N3O2/c1-14-10(6-7-12-14)11(16)13-8-2-4-9(15)5-3-8/h6-8H,2-5H2,1H3,(H,13,16). The molecule has 16 heavy (non-hydrogen) atoms. The van der Waals surface area contributed by atoms with Crippen molar-refractivity contribution in [2.75, 3.05) is 0 Å². The van der Waals surface area contributed by atoms with E-state index in [0.717, 1.165) is 12.8 Å². The number of nitrogens with zero attached hydrogens (tertiary/aromatic N) is 2. The van der Waals surface area contributed by atoms with Crippen molar-refractivity contribution in [3.8, 4) is 0 Å². The van der Waals surface area contributed by atoms with Crippen LogP contribution in [-0.4, -0.2) is 27.5 Å². The fourth-order valence-corrected chi connectivity index (χ4v) is 1.94. The summed E-state index contributed by atoms with van der Waals surface area (Å²) in [6.07, 6.45) is 4.26. The van der Waals surface area contributed by atoms with Gasteiger partial charge in [-0.25, -0.2) is 0 Å². The molecule has 1 amide bonds. The van der Waals surface area contributed by atoms with E-state index in [1.165, 1.54) is 0 Å². The maximum absolute atomic E-state index is 11.8. The fourth-order valence-electron chi connectivity index (χ4n) is 1.94. The summed E-state index contributed by atoms with van der Waals surface area (Å²) in [5.74, 6) is 0.186. The van der Waals surface area contributed by atoms with Crippen molar-refractivity contribution in [1.29, 1.82) is 0 Å². The van der Waals surface area contributed by atoms with Gasteiger partial charge in [0.05, 0.1) is 0 Å². The van der Waals surface area contributed by atoms with E-state index in [2.05, 4.69) is 10.4 Å². The minimum absolute atomic E-state index is 0.112. The van der Waals surface area contributed by atoms with Crippen LogP contribution in [0, 0.1) is 0 Å². The number of hydrogen-bond acceptors (Lipinski definition) is 3. The van der Waals surface area contributed by atoms with Gasteiger partial charge in [-0.3, -0.25) is 14.3 Å². The third-order valence-electron chi connectivity index (χ3n) is 2.93. The highest BCUT2D eigenvalue weighted by Gasteiger charge is 2.21. The SMILES string of the molecule is Cn1nccc1C(=O)NC1CCC(=O)CC1. The zero-order valence-corrected chi connectivity index (χ0v) is 9.27. The van der Waals surface area contributed by atoms with Crippen LogP contribution in [0.15, 0.2) is 12.3 Å². The molecule has 0 radical (unpaired) electrons. The zero-order valence-electron chi connectivity index (χ0n) is 9.27. The van der Waals surface area contributed by atoms with Crippen molar-refractivity contribution in [3.63, 3.8) is 0 Å². The lowest BCUT2D eigenvalue weighted by Gasteiger charge is -2.21. The Kier molecular flexibility index (Phi) is 3.03. The Morgan fingerprint density at radius 3 is 2.75 bits per heavy atom. The van der Waals surface area contributed by atoms with Crippen LogP contribution in [0.25, 0.3) is 0 Å². The van der Waals surface area contributed by atoms with Crippen LogP contribution in [0.4, 0.5) is 0 Å². The Morgan fingerprint density at radius 1 is 1.50 bits per heavy atom. The number of carbonyl (C=O) groups is 2. The number of hydrogen-bond donors (Lipinski definition) is 1. The second-order valence-electron chi connectivity index (χ2n) is 4.13. The number of aryl methyl sites for hydroxylation is 1. The maximum atomic E-state index is 11.8. The van der Waals surface area contributed by atoms with Crippen molar-refractivity contribution < 1.29 is 9.59 Å². The van der Waals surface area contributed by atoms with Crippen LogP contribution in [0.1, 0.15) is 36.2 Å². The number of nitrogens with one attached hydrogen (secondary N) is 1. The molecule has 2 rings (SSSR count). The highest BCUT2D eigenvalue weighted by Crippen LogP contribution is 2.15. The van der Waals surface area contributed by atoms with Crippen molar-refractivity contribution in [2.24, 2.45) is 7.05 Å². The van der Waals surface area contributed by atoms with E-state index in [0.29, 0.717) is 24.3 Å². The Hall–Kier alpha value is -1.65. The zero-order chi connectivity index (χ0) is 11.5. The average molecular weight is 221 g/mol. The summed E-state index contributed by atoms with van der Waals surface area (Å²) >= 11 is 0. The lowest BCUT2D eigenvalue weighted by atomic mass is 9.94. The molecule has 1 heterocycles. The van der Waals surface area contributed by atoms with Crippen LogP contribution in [0.3, 0.4) is 0 Å². The molecular formula is C11H15N3O2. The maximum Gasteiger partial charge on any atom is 0.269 e. The molecule has 1 N–H and O–H groups in total. The van der Waals surface area contributed by atoms with Crippen molar-refractivity contribution in [1.82, 2.24) is 15.1 Å². The van der Waals surface area contributed by atoms with E-state index in [4.69, 9.17) is 0 Å². The smallest absolute Gasteiger partial charge is 0.269 e. The van der Waals surface area contributed by atoms with E-state index < -0.39 is 0 Å². The predicted molar refractivity (Wildman–Crippen MR) is 57.9 cm³/mol. The number of rotatable bonds is 2. The summed E-state index contributed by atoms with van der Waals surface area (Å²) in [4.78, 5) is 22.9. The fraction of sp³-hybridized carbons (Fsp3) is 0.545. The molecule has 1 aliphatic rings. The third kappa shape index (κ3) is 2.29. The Labute approximate surface area is 93.8 Å². The van der Waals surface area contributed by atoms with Gasteiger partial charge in [-0.15, -0.1) is 0 Å². The minimum Gasteiger partial charge on any atom is -0.348 e. The molecule has 0 aliphatic heterocycles. The normalized spacial score (nSPS) is 17.4. The Morgan fingerprint density at radius 2 is 2.19 bits per heavy atom. The Balaban J connectivity index is 1.93. The van der Waals surface area contributed by atoms with E-state index in [9.17, 15) is 9.59 Å². The minimum atomic E-state index is -0.112. The molecule has 5 nitrogen and oxygen atoms in total. The van der Waals surface area contributed by atoms with Gasteiger partial charge in [0.15, 0.2) is 0 Å². The number of ketones is 1. The third-order valence-corrected chi connectivity index (χ3v) is 2.93. The largest absolute Gasteiger partial charge is 0.348 e. The second kappa shape index (κ2) is 4.47. The molecule has 1 fully saturated rings. The number of amides is 1. The van der Waals surface area contributed by atoms with Gasteiger partial charge < -0.3 is 5.32 Å². The van der Waals surface area contributed by atoms with Crippen LogP contribution in [0.2, 0.25) is 0 Å². The van der Waals surface area contributed by atoms with Crippen LogP contribution >= 0.6 is 0 Å². The van der Waals surface area contributed by atoms with Crippen LogP contribution in [0.5, 0.6) is 0 Å². The molecule has 1 aliphatic carbocycles. The highest BCUT2D eigenvalue weighted by atomic mass is 16.2. The first-order valence-electron chi connectivity index (χ1n) is 5.47. The van der Waals surface area contributed by atoms with Crippen LogP contribution in [-0.2, 0) is 11.8 Å². The van der Waals surface area contributed by atoms with Gasteiger partial charge in [0, 0.05) is 32.1 Å². The van der Waals surface area contributed by atoms with Gasteiger partial charge in [-0.2, -0.15) is 5.10 Å². The first-order valence-corrected chi connectivity index (χ1v) is 5.47. The molecule has 0 saturated heterocycles. The van der Waals surface area contributed by atoms with Gasteiger partial charge >= 0.3 is 0 Å². The lowest BCUT2D eigenvalue weighted by Crippen LogP contribution is -2.38. The molecule has 0 bridgehead atoms. The van der Waals surface area contributed by atoms with E-state index >= 15 is 0 Å². The quantitative estimate of drug-likeness (QED) is 0.798. The summed E-state index contributed by atoms with van der Waals surface area (Å²) in [7, 11) is 1.74. The molecule has 0 spiro atoms. The first kappa shape index (κ1) is 10.9. The molecule has 1 saturated carbocycles. The molecule has 0 unspecified atom stereocenters.